The zero-order valence-electron chi connectivity index (χ0n) is 9.81. The molecule has 6 heteroatoms. The van der Waals surface area contributed by atoms with Crippen molar-refractivity contribution < 1.29 is 9.32 Å². The van der Waals surface area contributed by atoms with Crippen molar-refractivity contribution in [2.24, 2.45) is 11.7 Å². The highest BCUT2D eigenvalue weighted by molar-refractivity contribution is 5.85. The van der Waals surface area contributed by atoms with Crippen molar-refractivity contribution in [3.8, 4) is 0 Å². The van der Waals surface area contributed by atoms with Crippen LogP contribution in [-0.2, 0) is 11.2 Å². The van der Waals surface area contributed by atoms with Crippen LogP contribution in [0.1, 0.15) is 24.3 Å². The van der Waals surface area contributed by atoms with Crippen LogP contribution >= 0.6 is 12.4 Å². The van der Waals surface area contributed by atoms with Crippen molar-refractivity contribution in [3.63, 3.8) is 0 Å². The van der Waals surface area contributed by atoms with E-state index in [9.17, 15) is 4.79 Å². The third-order valence-electron chi connectivity index (χ3n) is 2.78. The van der Waals surface area contributed by atoms with Crippen LogP contribution in [0.2, 0.25) is 0 Å². The number of nitrogens with two attached hydrogens (primary N) is 1. The maximum Gasteiger partial charge on any atom is 0.226 e. The van der Waals surface area contributed by atoms with E-state index in [1.54, 1.807) is 13.0 Å². The van der Waals surface area contributed by atoms with E-state index in [0.29, 0.717) is 18.2 Å². The molecule has 0 aromatic carbocycles. The monoisotopic (exact) mass is 259 g/mol. The molecule has 5 nitrogen and oxygen atoms in total. The molecule has 1 aliphatic carbocycles. The van der Waals surface area contributed by atoms with Crippen LogP contribution in [-0.4, -0.2) is 23.7 Å². The van der Waals surface area contributed by atoms with E-state index >= 15 is 0 Å². The van der Waals surface area contributed by atoms with Gasteiger partial charge in [0.2, 0.25) is 5.91 Å². The zero-order chi connectivity index (χ0) is 11.5. The summed E-state index contributed by atoms with van der Waals surface area (Å²) in [5.74, 6) is 1.27. The van der Waals surface area contributed by atoms with Gasteiger partial charge in [0.05, 0.1) is 12.1 Å². The van der Waals surface area contributed by atoms with Crippen molar-refractivity contribution in [1.82, 2.24) is 10.5 Å². The van der Waals surface area contributed by atoms with Gasteiger partial charge in [-0.3, -0.25) is 4.79 Å². The Labute approximate surface area is 107 Å². The van der Waals surface area contributed by atoms with Gasteiger partial charge in [-0.1, -0.05) is 5.16 Å². The summed E-state index contributed by atoms with van der Waals surface area (Å²) in [7, 11) is 0. The van der Waals surface area contributed by atoms with E-state index in [0.717, 1.165) is 5.76 Å². The Balaban J connectivity index is 0.00000144. The SMILES string of the molecule is Cc1cc(CC(=O)NCC(N)C2CC2)no1.Cl. The highest BCUT2D eigenvalue weighted by atomic mass is 35.5. The number of halogens is 1. The largest absolute Gasteiger partial charge is 0.361 e. The molecule has 1 saturated carbocycles. The molecular weight excluding hydrogens is 242 g/mol. The lowest BCUT2D eigenvalue weighted by Crippen LogP contribution is -2.39. The van der Waals surface area contributed by atoms with Crippen molar-refractivity contribution in [2.45, 2.75) is 32.2 Å². The number of hydrogen-bond acceptors (Lipinski definition) is 4. The molecule has 0 saturated heterocycles. The molecule has 1 aliphatic rings. The average Bonchev–Trinajstić information content (AvgIpc) is 3.01. The first-order valence-electron chi connectivity index (χ1n) is 5.59. The topological polar surface area (TPSA) is 81.2 Å². The summed E-state index contributed by atoms with van der Waals surface area (Å²) in [6.45, 7) is 2.36. The van der Waals surface area contributed by atoms with Gasteiger partial charge in [-0.25, -0.2) is 0 Å². The summed E-state index contributed by atoms with van der Waals surface area (Å²) < 4.78 is 4.88. The van der Waals surface area contributed by atoms with Gasteiger partial charge in [-0.05, 0) is 25.7 Å². The van der Waals surface area contributed by atoms with Gasteiger partial charge < -0.3 is 15.6 Å². The summed E-state index contributed by atoms with van der Waals surface area (Å²) >= 11 is 0. The Bertz CT molecular complexity index is 377. The quantitative estimate of drug-likeness (QED) is 0.820. The maximum atomic E-state index is 11.5. The van der Waals surface area contributed by atoms with Gasteiger partial charge in [0.25, 0.3) is 0 Å². The second-order valence-electron chi connectivity index (χ2n) is 4.41. The molecule has 1 aromatic heterocycles. The van der Waals surface area contributed by atoms with Crippen LogP contribution in [0.3, 0.4) is 0 Å². The fourth-order valence-electron chi connectivity index (χ4n) is 1.65. The van der Waals surface area contributed by atoms with Crippen molar-refractivity contribution in [1.29, 1.82) is 0 Å². The van der Waals surface area contributed by atoms with E-state index in [1.807, 2.05) is 0 Å². The Morgan fingerprint density at radius 3 is 2.94 bits per heavy atom. The minimum Gasteiger partial charge on any atom is -0.361 e. The number of aromatic nitrogens is 1. The van der Waals surface area contributed by atoms with E-state index in [2.05, 4.69) is 10.5 Å². The first-order valence-corrected chi connectivity index (χ1v) is 5.59. The van der Waals surface area contributed by atoms with Crippen molar-refractivity contribution in [2.75, 3.05) is 6.54 Å². The van der Waals surface area contributed by atoms with Crippen LogP contribution in [0.15, 0.2) is 10.6 Å². The molecule has 1 amide bonds. The number of carbonyl (C=O) groups is 1. The lowest BCUT2D eigenvalue weighted by Gasteiger charge is -2.10. The van der Waals surface area contributed by atoms with Gasteiger partial charge in [-0.15, -0.1) is 12.4 Å². The van der Waals surface area contributed by atoms with Crippen LogP contribution < -0.4 is 11.1 Å². The van der Waals surface area contributed by atoms with E-state index in [4.69, 9.17) is 10.3 Å². The Kier molecular flexibility index (Phi) is 4.96. The summed E-state index contributed by atoms with van der Waals surface area (Å²) in [6, 6.07) is 1.86. The smallest absolute Gasteiger partial charge is 0.226 e. The second kappa shape index (κ2) is 6.02. The first kappa shape index (κ1) is 14.0. The summed E-state index contributed by atoms with van der Waals surface area (Å²) in [6.07, 6.45) is 2.65. The summed E-state index contributed by atoms with van der Waals surface area (Å²) in [5.41, 5.74) is 6.54. The molecule has 3 N–H and O–H groups in total. The van der Waals surface area contributed by atoms with Gasteiger partial charge in [0.15, 0.2) is 0 Å². The number of nitrogens with one attached hydrogen (secondary N) is 1. The standard InChI is InChI=1S/C11H17N3O2.ClH/c1-7-4-9(14-16-7)5-11(15)13-6-10(12)8-2-3-8;/h4,8,10H,2-3,5-6,12H2,1H3,(H,13,15);1H. The predicted molar refractivity (Wildman–Crippen MR) is 65.9 cm³/mol. The molecule has 96 valence electrons. The molecule has 1 heterocycles. The normalized spacial score (nSPS) is 16.1. The number of carbonyl (C=O) groups excluding carboxylic acids is 1. The van der Waals surface area contributed by atoms with Crippen LogP contribution in [0, 0.1) is 12.8 Å². The molecule has 1 fully saturated rings. The molecule has 17 heavy (non-hydrogen) atoms. The zero-order valence-corrected chi connectivity index (χ0v) is 10.6. The third kappa shape index (κ3) is 4.36. The number of amides is 1. The van der Waals surface area contributed by atoms with E-state index < -0.39 is 0 Å². The molecule has 0 aliphatic heterocycles. The third-order valence-corrected chi connectivity index (χ3v) is 2.78. The van der Waals surface area contributed by atoms with Crippen LogP contribution in [0.4, 0.5) is 0 Å². The molecule has 0 bridgehead atoms. The first-order chi connectivity index (χ1) is 7.65. The number of hydrogen-bond donors (Lipinski definition) is 2. The molecule has 1 atom stereocenters. The van der Waals surface area contributed by atoms with Crippen LogP contribution in [0.5, 0.6) is 0 Å². The average molecular weight is 260 g/mol. The lowest BCUT2D eigenvalue weighted by molar-refractivity contribution is -0.120. The minimum absolute atomic E-state index is 0. The van der Waals surface area contributed by atoms with E-state index in [-0.39, 0.29) is 30.8 Å². The number of rotatable bonds is 5. The second-order valence-corrected chi connectivity index (χ2v) is 4.41. The molecular formula is C11H18ClN3O2. The molecule has 0 spiro atoms. The minimum atomic E-state index is -0.0515. The molecule has 2 rings (SSSR count). The van der Waals surface area contributed by atoms with Crippen molar-refractivity contribution >= 4 is 18.3 Å². The number of aryl methyl sites for hydroxylation is 1. The predicted octanol–water partition coefficient (Wildman–Crippen LogP) is 0.801. The van der Waals surface area contributed by atoms with Crippen molar-refractivity contribution in [3.05, 3.63) is 17.5 Å². The Hall–Kier alpha value is -1.07. The fraction of sp³-hybridized carbons (Fsp3) is 0.636. The van der Waals surface area contributed by atoms with Gasteiger partial charge in [-0.2, -0.15) is 0 Å². The highest BCUT2D eigenvalue weighted by Gasteiger charge is 2.28. The highest BCUT2D eigenvalue weighted by Crippen LogP contribution is 2.31. The van der Waals surface area contributed by atoms with Crippen LogP contribution in [0.25, 0.3) is 0 Å². The van der Waals surface area contributed by atoms with Gasteiger partial charge in [0, 0.05) is 18.7 Å². The number of nitrogens with zero attached hydrogens (tertiary/aromatic N) is 1. The van der Waals surface area contributed by atoms with Gasteiger partial charge in [0.1, 0.15) is 5.76 Å². The molecule has 0 radical (unpaired) electrons. The molecule has 1 unspecified atom stereocenters. The fourth-order valence-corrected chi connectivity index (χ4v) is 1.65. The summed E-state index contributed by atoms with van der Waals surface area (Å²) in [4.78, 5) is 11.5. The maximum absolute atomic E-state index is 11.5. The lowest BCUT2D eigenvalue weighted by atomic mass is 10.2. The molecule has 1 aromatic rings. The Morgan fingerprint density at radius 1 is 1.71 bits per heavy atom. The van der Waals surface area contributed by atoms with Gasteiger partial charge >= 0.3 is 0 Å². The summed E-state index contributed by atoms with van der Waals surface area (Å²) in [5, 5.41) is 6.58. The van der Waals surface area contributed by atoms with E-state index in [1.165, 1.54) is 12.8 Å². The Morgan fingerprint density at radius 2 is 2.41 bits per heavy atom.